The van der Waals surface area contributed by atoms with E-state index >= 15 is 8.78 Å². The molecule has 0 N–H and O–H groups in total. The Morgan fingerprint density at radius 1 is 0.444 bits per heavy atom. The summed E-state index contributed by atoms with van der Waals surface area (Å²) in [5.41, 5.74) is 1.11. The van der Waals surface area contributed by atoms with Crippen LogP contribution in [0.5, 0.6) is 11.5 Å². The number of benzene rings is 5. The third kappa shape index (κ3) is 5.98. The number of hydrogen-bond acceptors (Lipinski definition) is 2. The first-order valence-corrected chi connectivity index (χ1v) is 17.2. The quantitative estimate of drug-likeness (QED) is 0.153. The van der Waals surface area contributed by atoms with E-state index < -0.39 is 33.7 Å². The molecule has 5 aromatic rings. The lowest BCUT2D eigenvalue weighted by Gasteiger charge is -2.31. The van der Waals surface area contributed by atoms with Gasteiger partial charge >= 0.3 is 0 Å². The van der Waals surface area contributed by atoms with Crippen LogP contribution in [0, 0.1) is 11.6 Å². The second kappa shape index (κ2) is 12.7. The summed E-state index contributed by atoms with van der Waals surface area (Å²) in [4.78, 5) is 2.50. The van der Waals surface area contributed by atoms with Crippen LogP contribution >= 0.6 is 0 Å². The Labute approximate surface area is 267 Å². The number of ether oxygens (including phenoxy) is 2. The van der Waals surface area contributed by atoms with Crippen LogP contribution in [0.2, 0.25) is 0 Å². The van der Waals surface area contributed by atoms with Gasteiger partial charge in [-0.05, 0) is 98.9 Å². The van der Waals surface area contributed by atoms with Gasteiger partial charge in [0, 0.05) is 12.1 Å². The fraction of sp³-hybridized carbons (Fsp3) is 0.250. The van der Waals surface area contributed by atoms with Crippen LogP contribution in [0.15, 0.2) is 142 Å². The standard InChI is InChI=1S/C40H37F2O2S/c41-35-28-33(20-22-37(35)43-39(24-10-11-25-39)30-14-4-1-5-15-30)45(32-18-8-3-9-19-32)34-21-23-38(36(42)29-34)44-40(26-12-13-27-40)31-16-6-2-7-17-31/h1-9,14-23,28-29H,10-13,24-27H2/q+1. The molecule has 0 atom stereocenters. The van der Waals surface area contributed by atoms with Crippen LogP contribution in [0.4, 0.5) is 8.78 Å². The second-order valence-corrected chi connectivity index (χ2v) is 14.2. The minimum absolute atomic E-state index is 0.249. The lowest BCUT2D eigenvalue weighted by atomic mass is 9.92. The van der Waals surface area contributed by atoms with Crippen LogP contribution in [0.1, 0.15) is 62.5 Å². The topological polar surface area (TPSA) is 18.5 Å². The van der Waals surface area contributed by atoms with Crippen molar-refractivity contribution in [2.45, 2.75) is 77.3 Å². The van der Waals surface area contributed by atoms with E-state index in [-0.39, 0.29) is 11.5 Å². The minimum atomic E-state index is -0.744. The summed E-state index contributed by atoms with van der Waals surface area (Å²) in [6.45, 7) is 0. The number of hydrogen-bond donors (Lipinski definition) is 0. The zero-order valence-electron chi connectivity index (χ0n) is 25.3. The fourth-order valence-corrected chi connectivity index (χ4v) is 9.14. The third-order valence-corrected chi connectivity index (χ3v) is 11.5. The lowest BCUT2D eigenvalue weighted by Crippen LogP contribution is -2.30. The van der Waals surface area contributed by atoms with Crippen molar-refractivity contribution in [3.8, 4) is 11.5 Å². The van der Waals surface area contributed by atoms with E-state index in [1.165, 1.54) is 0 Å². The van der Waals surface area contributed by atoms with Gasteiger partial charge in [-0.2, -0.15) is 0 Å². The van der Waals surface area contributed by atoms with Crippen LogP contribution in [-0.4, -0.2) is 0 Å². The molecule has 0 aliphatic heterocycles. The average Bonchev–Trinajstić information content (AvgIpc) is 3.77. The lowest BCUT2D eigenvalue weighted by molar-refractivity contribution is 0.0687. The molecule has 5 aromatic carbocycles. The highest BCUT2D eigenvalue weighted by Crippen LogP contribution is 2.45. The van der Waals surface area contributed by atoms with Gasteiger partial charge in [0.2, 0.25) is 0 Å². The molecule has 2 fully saturated rings. The van der Waals surface area contributed by atoms with Gasteiger partial charge < -0.3 is 9.47 Å². The van der Waals surface area contributed by atoms with Gasteiger partial charge in [0.1, 0.15) is 11.2 Å². The van der Waals surface area contributed by atoms with Crippen molar-refractivity contribution in [3.63, 3.8) is 0 Å². The molecule has 5 heteroatoms. The zero-order chi connectivity index (χ0) is 30.7. The van der Waals surface area contributed by atoms with Crippen molar-refractivity contribution in [2.24, 2.45) is 0 Å². The predicted molar refractivity (Wildman–Crippen MR) is 176 cm³/mol. The number of halogens is 2. The van der Waals surface area contributed by atoms with Crippen molar-refractivity contribution in [3.05, 3.63) is 150 Å². The zero-order valence-corrected chi connectivity index (χ0v) is 26.1. The Kier molecular flexibility index (Phi) is 8.37. The van der Waals surface area contributed by atoms with Crippen molar-refractivity contribution in [2.75, 3.05) is 0 Å². The van der Waals surface area contributed by atoms with Crippen molar-refractivity contribution in [1.82, 2.24) is 0 Å². The Hall–Kier alpha value is -4.09. The Morgan fingerprint density at radius 3 is 1.20 bits per heavy atom. The highest BCUT2D eigenvalue weighted by Gasteiger charge is 2.40. The molecule has 45 heavy (non-hydrogen) atoms. The summed E-state index contributed by atoms with van der Waals surface area (Å²) in [5, 5.41) is 0. The van der Waals surface area contributed by atoms with Gasteiger partial charge in [-0.1, -0.05) is 78.9 Å². The van der Waals surface area contributed by atoms with E-state index in [9.17, 15) is 0 Å². The van der Waals surface area contributed by atoms with Gasteiger partial charge in [0.15, 0.2) is 37.8 Å². The maximum atomic E-state index is 15.9. The average molecular weight is 620 g/mol. The molecule has 0 radical (unpaired) electrons. The van der Waals surface area contributed by atoms with Crippen molar-refractivity contribution >= 4 is 10.9 Å². The third-order valence-electron chi connectivity index (χ3n) is 9.29. The molecular weight excluding hydrogens is 583 g/mol. The molecule has 2 saturated carbocycles. The van der Waals surface area contributed by atoms with Gasteiger partial charge in [-0.25, -0.2) is 8.78 Å². The van der Waals surface area contributed by atoms with Gasteiger partial charge in [0.05, 0.1) is 10.9 Å². The Morgan fingerprint density at radius 2 is 0.822 bits per heavy atom. The normalized spacial score (nSPS) is 17.0. The molecule has 7 rings (SSSR count). The first-order valence-electron chi connectivity index (χ1n) is 15.9. The SMILES string of the molecule is Fc1cc([S+](c2ccccc2)c2ccc(OC3(c4ccccc4)CCCC3)c(F)c2)ccc1OC1(c2ccccc2)CCCC1. The molecule has 0 heterocycles. The molecule has 0 saturated heterocycles. The van der Waals surface area contributed by atoms with Crippen molar-refractivity contribution < 1.29 is 18.3 Å². The summed E-state index contributed by atoms with van der Waals surface area (Å²) in [6, 6.07) is 40.7. The molecule has 2 nitrogen and oxygen atoms in total. The molecule has 228 valence electrons. The van der Waals surface area contributed by atoms with Crippen LogP contribution < -0.4 is 9.47 Å². The fourth-order valence-electron chi connectivity index (χ4n) is 7.04. The van der Waals surface area contributed by atoms with Gasteiger partial charge in [-0.3, -0.25) is 0 Å². The van der Waals surface area contributed by atoms with E-state index in [1.807, 2.05) is 78.9 Å². The monoisotopic (exact) mass is 619 g/mol. The Bertz CT molecular complexity index is 1620. The summed E-state index contributed by atoms with van der Waals surface area (Å²) in [5.74, 6) is -0.318. The summed E-state index contributed by atoms with van der Waals surface area (Å²) in [6.07, 6.45) is 7.59. The molecule has 0 unspecified atom stereocenters. The smallest absolute Gasteiger partial charge is 0.170 e. The molecule has 0 bridgehead atoms. The predicted octanol–water partition coefficient (Wildman–Crippen LogP) is 10.8. The largest absolute Gasteiger partial charge is 0.480 e. The summed E-state index contributed by atoms with van der Waals surface area (Å²) >= 11 is 0. The Balaban J connectivity index is 1.21. The maximum Gasteiger partial charge on any atom is 0.170 e. The molecule has 0 aromatic heterocycles. The molecule has 0 spiro atoms. The van der Waals surface area contributed by atoms with Crippen LogP contribution in [0.25, 0.3) is 0 Å². The molecule has 0 amide bonds. The first kappa shape index (κ1) is 29.6. The van der Waals surface area contributed by atoms with E-state index in [0.717, 1.165) is 77.2 Å². The van der Waals surface area contributed by atoms with Gasteiger partial charge in [-0.15, -0.1) is 0 Å². The molecular formula is C40H37F2O2S+. The highest BCUT2D eigenvalue weighted by molar-refractivity contribution is 7.97. The number of rotatable bonds is 9. The summed E-state index contributed by atoms with van der Waals surface area (Å²) < 4.78 is 44.9. The van der Waals surface area contributed by atoms with Crippen molar-refractivity contribution in [1.29, 1.82) is 0 Å². The van der Waals surface area contributed by atoms with Gasteiger partial charge in [0.25, 0.3) is 0 Å². The highest BCUT2D eigenvalue weighted by atomic mass is 32.2. The summed E-state index contributed by atoms with van der Waals surface area (Å²) in [7, 11) is -0.744. The van der Waals surface area contributed by atoms with E-state index in [1.54, 1.807) is 24.3 Å². The first-order chi connectivity index (χ1) is 22.1. The molecule has 2 aliphatic rings. The van der Waals surface area contributed by atoms with E-state index in [0.29, 0.717) is 0 Å². The minimum Gasteiger partial charge on any atom is -0.480 e. The van der Waals surface area contributed by atoms with Crippen LogP contribution in [0.3, 0.4) is 0 Å². The van der Waals surface area contributed by atoms with E-state index in [4.69, 9.17) is 9.47 Å². The molecule has 2 aliphatic carbocycles. The second-order valence-electron chi connectivity index (χ2n) is 12.1. The van der Waals surface area contributed by atoms with Crippen LogP contribution in [-0.2, 0) is 22.1 Å². The van der Waals surface area contributed by atoms with E-state index in [2.05, 4.69) is 24.3 Å². The maximum absolute atomic E-state index is 15.9.